The van der Waals surface area contributed by atoms with Crippen molar-refractivity contribution < 1.29 is 0 Å². The maximum atomic E-state index is 2.45. The Morgan fingerprint density at radius 1 is 0.283 bits per heavy atom. The van der Waals surface area contributed by atoms with E-state index in [1.54, 1.807) is 0 Å². The van der Waals surface area contributed by atoms with Crippen LogP contribution in [0.3, 0.4) is 0 Å². The van der Waals surface area contributed by atoms with Crippen LogP contribution in [0.2, 0.25) is 0 Å². The van der Waals surface area contributed by atoms with Gasteiger partial charge in [-0.05, 0) is 102 Å². The average molecular weight is 764 g/mol. The first kappa shape index (κ1) is 35.4. The molecule has 282 valence electrons. The standard InChI is InChI=1S/C59H41N/c1-4-16-42(17-5-1)44-34-38-50(39-35-44)60(51-40-36-45(37-41-51)43-30-32-47(33-31-43)53-26-14-19-46-18-10-11-24-52(46)53)57-29-15-28-56-58(57)54-25-12-13-27-55(54)59(56,48-20-6-2-7-21-48)49-22-8-3-9-23-49/h1-41H. The number of fused-ring (bicyclic) bond motifs is 4. The SMILES string of the molecule is c1ccc(-c2ccc(N(c3ccc(-c4ccc(-c5cccc6ccccc56)cc4)cc3)c3cccc4c3-c3ccccc3C4(c3ccccc3)c3ccccc3)cc2)cc1. The summed E-state index contributed by atoms with van der Waals surface area (Å²) < 4.78 is 0. The van der Waals surface area contributed by atoms with Crippen molar-refractivity contribution in [2.45, 2.75) is 5.41 Å². The predicted molar refractivity (Wildman–Crippen MR) is 252 cm³/mol. The third-order valence-corrected chi connectivity index (χ3v) is 12.4. The van der Waals surface area contributed by atoms with Crippen molar-refractivity contribution in [1.29, 1.82) is 0 Å². The number of nitrogens with zero attached hydrogens (tertiary/aromatic N) is 1. The monoisotopic (exact) mass is 763 g/mol. The summed E-state index contributed by atoms with van der Waals surface area (Å²) in [6, 6.07) is 90.9. The fourth-order valence-corrected chi connectivity index (χ4v) is 9.64. The summed E-state index contributed by atoms with van der Waals surface area (Å²) in [5.41, 5.74) is 17.7. The van der Waals surface area contributed by atoms with Crippen LogP contribution in [0.15, 0.2) is 249 Å². The van der Waals surface area contributed by atoms with E-state index < -0.39 is 5.41 Å². The molecule has 10 aromatic carbocycles. The van der Waals surface area contributed by atoms with Crippen LogP contribution in [0.5, 0.6) is 0 Å². The van der Waals surface area contributed by atoms with E-state index in [-0.39, 0.29) is 0 Å². The number of hydrogen-bond acceptors (Lipinski definition) is 1. The topological polar surface area (TPSA) is 3.24 Å². The van der Waals surface area contributed by atoms with Crippen molar-refractivity contribution in [3.63, 3.8) is 0 Å². The van der Waals surface area contributed by atoms with Gasteiger partial charge in [0, 0.05) is 16.9 Å². The Morgan fingerprint density at radius 3 is 1.35 bits per heavy atom. The van der Waals surface area contributed by atoms with Crippen LogP contribution in [-0.4, -0.2) is 0 Å². The summed E-state index contributed by atoms with van der Waals surface area (Å²) in [5, 5.41) is 2.53. The molecular formula is C59H41N. The van der Waals surface area contributed by atoms with Gasteiger partial charge in [-0.15, -0.1) is 0 Å². The van der Waals surface area contributed by atoms with Crippen molar-refractivity contribution in [1.82, 2.24) is 0 Å². The Balaban J connectivity index is 1.06. The molecule has 60 heavy (non-hydrogen) atoms. The molecule has 0 aliphatic heterocycles. The zero-order chi connectivity index (χ0) is 39.9. The molecule has 0 bridgehead atoms. The molecule has 0 heterocycles. The van der Waals surface area contributed by atoms with Crippen LogP contribution in [0, 0.1) is 0 Å². The average Bonchev–Trinajstić information content (AvgIpc) is 3.64. The van der Waals surface area contributed by atoms with Gasteiger partial charge in [-0.1, -0.05) is 218 Å². The van der Waals surface area contributed by atoms with E-state index in [9.17, 15) is 0 Å². The molecule has 10 aromatic rings. The maximum absolute atomic E-state index is 2.45. The molecule has 0 spiro atoms. The minimum Gasteiger partial charge on any atom is -0.310 e. The first-order valence-corrected chi connectivity index (χ1v) is 20.8. The highest BCUT2D eigenvalue weighted by atomic mass is 15.1. The molecule has 0 N–H and O–H groups in total. The van der Waals surface area contributed by atoms with Crippen molar-refractivity contribution in [2.75, 3.05) is 4.90 Å². The van der Waals surface area contributed by atoms with E-state index in [0.29, 0.717) is 0 Å². The zero-order valence-electron chi connectivity index (χ0n) is 33.1. The second kappa shape index (κ2) is 14.9. The normalized spacial score (nSPS) is 12.5. The van der Waals surface area contributed by atoms with E-state index in [2.05, 4.69) is 254 Å². The van der Waals surface area contributed by atoms with Gasteiger partial charge in [-0.3, -0.25) is 0 Å². The highest BCUT2D eigenvalue weighted by Crippen LogP contribution is 2.59. The molecule has 1 aliphatic rings. The number of rotatable bonds is 8. The van der Waals surface area contributed by atoms with Gasteiger partial charge in [0.25, 0.3) is 0 Å². The Labute approximate surface area is 352 Å². The van der Waals surface area contributed by atoms with Gasteiger partial charge in [-0.2, -0.15) is 0 Å². The van der Waals surface area contributed by atoms with Crippen LogP contribution in [0.1, 0.15) is 22.3 Å². The van der Waals surface area contributed by atoms with Gasteiger partial charge < -0.3 is 4.90 Å². The van der Waals surface area contributed by atoms with Gasteiger partial charge in [0.2, 0.25) is 0 Å². The van der Waals surface area contributed by atoms with Crippen molar-refractivity contribution >= 4 is 27.8 Å². The molecule has 0 saturated heterocycles. The van der Waals surface area contributed by atoms with E-state index >= 15 is 0 Å². The van der Waals surface area contributed by atoms with Crippen molar-refractivity contribution in [3.05, 3.63) is 271 Å². The Hall–Kier alpha value is -7.74. The van der Waals surface area contributed by atoms with Gasteiger partial charge in [0.1, 0.15) is 0 Å². The molecule has 11 rings (SSSR count). The van der Waals surface area contributed by atoms with Gasteiger partial charge in [-0.25, -0.2) is 0 Å². The fraction of sp³-hybridized carbons (Fsp3) is 0.0169. The van der Waals surface area contributed by atoms with Crippen LogP contribution in [0.25, 0.3) is 55.3 Å². The van der Waals surface area contributed by atoms with E-state index in [1.807, 2.05) is 0 Å². The van der Waals surface area contributed by atoms with Crippen LogP contribution in [-0.2, 0) is 5.41 Å². The summed E-state index contributed by atoms with van der Waals surface area (Å²) in [6.07, 6.45) is 0. The first-order chi connectivity index (χ1) is 29.8. The lowest BCUT2D eigenvalue weighted by atomic mass is 9.68. The molecule has 0 radical (unpaired) electrons. The predicted octanol–water partition coefficient (Wildman–Crippen LogP) is 15.7. The summed E-state index contributed by atoms with van der Waals surface area (Å²) >= 11 is 0. The van der Waals surface area contributed by atoms with E-state index in [0.717, 1.165) is 17.1 Å². The number of anilines is 3. The summed E-state index contributed by atoms with van der Waals surface area (Å²) in [4.78, 5) is 2.45. The molecule has 0 amide bonds. The maximum Gasteiger partial charge on any atom is 0.0714 e. The quantitative estimate of drug-likeness (QED) is 0.149. The Bertz CT molecular complexity index is 3050. The van der Waals surface area contributed by atoms with E-state index in [1.165, 1.54) is 77.5 Å². The zero-order valence-corrected chi connectivity index (χ0v) is 33.1. The van der Waals surface area contributed by atoms with Crippen molar-refractivity contribution in [3.8, 4) is 44.5 Å². The third kappa shape index (κ3) is 5.86. The minimum atomic E-state index is -0.491. The summed E-state index contributed by atoms with van der Waals surface area (Å²) in [5.74, 6) is 0. The molecule has 0 atom stereocenters. The molecule has 1 aliphatic carbocycles. The van der Waals surface area contributed by atoms with Gasteiger partial charge in [0.05, 0.1) is 11.1 Å². The van der Waals surface area contributed by atoms with Crippen LogP contribution in [0.4, 0.5) is 17.1 Å². The lowest BCUT2D eigenvalue weighted by molar-refractivity contribution is 0.768. The molecule has 1 heteroatoms. The lowest BCUT2D eigenvalue weighted by Gasteiger charge is -2.34. The lowest BCUT2D eigenvalue weighted by Crippen LogP contribution is -2.28. The Kier molecular flexibility index (Phi) is 8.79. The van der Waals surface area contributed by atoms with Crippen LogP contribution < -0.4 is 4.90 Å². The molecule has 0 fully saturated rings. The fourth-order valence-electron chi connectivity index (χ4n) is 9.64. The Morgan fingerprint density at radius 2 is 0.717 bits per heavy atom. The molecular weight excluding hydrogens is 723 g/mol. The van der Waals surface area contributed by atoms with Gasteiger partial charge in [0.15, 0.2) is 0 Å². The summed E-state index contributed by atoms with van der Waals surface area (Å²) in [7, 11) is 0. The smallest absolute Gasteiger partial charge is 0.0714 e. The highest BCUT2D eigenvalue weighted by molar-refractivity contribution is 5.98. The number of benzene rings is 10. The largest absolute Gasteiger partial charge is 0.310 e. The molecule has 0 saturated carbocycles. The van der Waals surface area contributed by atoms with Crippen molar-refractivity contribution in [2.24, 2.45) is 0 Å². The number of hydrogen-bond donors (Lipinski definition) is 0. The molecule has 0 aromatic heterocycles. The minimum absolute atomic E-state index is 0.491. The molecule has 0 unspecified atom stereocenters. The third-order valence-electron chi connectivity index (χ3n) is 12.4. The van der Waals surface area contributed by atoms with Gasteiger partial charge >= 0.3 is 0 Å². The molecule has 1 nitrogen and oxygen atoms in total. The highest BCUT2D eigenvalue weighted by Gasteiger charge is 2.47. The van der Waals surface area contributed by atoms with Crippen LogP contribution >= 0.6 is 0 Å². The first-order valence-electron chi connectivity index (χ1n) is 20.8. The van der Waals surface area contributed by atoms with E-state index in [4.69, 9.17) is 0 Å². The second-order valence-electron chi connectivity index (χ2n) is 15.6. The second-order valence-corrected chi connectivity index (χ2v) is 15.6. The summed E-state index contributed by atoms with van der Waals surface area (Å²) in [6.45, 7) is 0.